The Balaban J connectivity index is 1.87. The summed E-state index contributed by atoms with van der Waals surface area (Å²) in [5, 5.41) is 10.7. The van der Waals surface area contributed by atoms with Gasteiger partial charge in [-0.15, -0.1) is 0 Å². The van der Waals surface area contributed by atoms with Gasteiger partial charge in [0, 0.05) is 30.7 Å². The molecule has 0 saturated carbocycles. The van der Waals surface area contributed by atoms with Crippen LogP contribution in [0.2, 0.25) is 0 Å². The van der Waals surface area contributed by atoms with E-state index in [1.807, 2.05) is 6.07 Å². The van der Waals surface area contributed by atoms with Crippen LogP contribution in [0.3, 0.4) is 0 Å². The van der Waals surface area contributed by atoms with Crippen molar-refractivity contribution in [3.05, 3.63) is 71.8 Å². The predicted octanol–water partition coefficient (Wildman–Crippen LogP) is 4.04. The topological polar surface area (TPSA) is 70.9 Å². The van der Waals surface area contributed by atoms with Gasteiger partial charge >= 0.3 is 0 Å². The standard InChI is InChI=1S/C19H16F2N4O/c1-26-15-4-12(8-23-11-15)9-24-18-6-14(10-25-19(18)7-22)13-2-3-16(20)17(21)5-13/h2-8,10-11,22,24H,9H2,1H3. The maximum absolute atomic E-state index is 13.5. The Bertz CT molecular complexity index is 947. The molecule has 7 heteroatoms. The Kier molecular flexibility index (Phi) is 5.17. The van der Waals surface area contributed by atoms with E-state index in [4.69, 9.17) is 10.1 Å². The molecule has 0 spiro atoms. The molecule has 0 aliphatic carbocycles. The minimum atomic E-state index is -0.921. The first-order valence-corrected chi connectivity index (χ1v) is 7.78. The first kappa shape index (κ1) is 17.5. The molecule has 2 N–H and O–H groups in total. The van der Waals surface area contributed by atoms with Gasteiger partial charge in [0.2, 0.25) is 0 Å². The Labute approximate surface area is 149 Å². The van der Waals surface area contributed by atoms with Crippen molar-refractivity contribution in [1.29, 1.82) is 5.41 Å². The average Bonchev–Trinajstić information content (AvgIpc) is 2.68. The fourth-order valence-corrected chi connectivity index (χ4v) is 2.43. The lowest BCUT2D eigenvalue weighted by atomic mass is 10.1. The van der Waals surface area contributed by atoms with Crippen molar-refractivity contribution >= 4 is 11.9 Å². The van der Waals surface area contributed by atoms with Crippen LogP contribution >= 0.6 is 0 Å². The highest BCUT2D eigenvalue weighted by Gasteiger charge is 2.09. The molecule has 0 atom stereocenters. The van der Waals surface area contributed by atoms with E-state index in [-0.39, 0.29) is 0 Å². The summed E-state index contributed by atoms with van der Waals surface area (Å²) in [5.74, 6) is -1.18. The van der Waals surface area contributed by atoms with E-state index < -0.39 is 11.6 Å². The van der Waals surface area contributed by atoms with Gasteiger partial charge in [0.25, 0.3) is 0 Å². The number of aromatic nitrogens is 2. The molecule has 0 unspecified atom stereocenters. The molecular formula is C19H16F2N4O. The number of nitrogens with zero attached hydrogens (tertiary/aromatic N) is 2. The fraction of sp³-hybridized carbons (Fsp3) is 0.105. The summed E-state index contributed by atoms with van der Waals surface area (Å²) in [5.41, 5.74) is 3.04. The lowest BCUT2D eigenvalue weighted by Gasteiger charge is -2.12. The van der Waals surface area contributed by atoms with Crippen LogP contribution in [-0.2, 0) is 6.54 Å². The largest absolute Gasteiger partial charge is 0.495 e. The van der Waals surface area contributed by atoms with Gasteiger partial charge in [0.15, 0.2) is 11.6 Å². The number of nitrogens with one attached hydrogen (secondary N) is 2. The van der Waals surface area contributed by atoms with Gasteiger partial charge in [-0.1, -0.05) is 6.07 Å². The molecule has 2 aromatic heterocycles. The molecule has 26 heavy (non-hydrogen) atoms. The van der Waals surface area contributed by atoms with E-state index in [1.54, 1.807) is 25.6 Å². The molecule has 0 saturated heterocycles. The third kappa shape index (κ3) is 3.83. The quantitative estimate of drug-likeness (QED) is 0.656. The maximum atomic E-state index is 13.5. The molecule has 0 fully saturated rings. The van der Waals surface area contributed by atoms with Crippen molar-refractivity contribution in [3.63, 3.8) is 0 Å². The van der Waals surface area contributed by atoms with Gasteiger partial charge in [0.1, 0.15) is 11.4 Å². The molecule has 0 bridgehead atoms. The van der Waals surface area contributed by atoms with Crippen LogP contribution in [-0.4, -0.2) is 23.3 Å². The third-order valence-electron chi connectivity index (χ3n) is 3.80. The Morgan fingerprint density at radius 1 is 1.08 bits per heavy atom. The fourth-order valence-electron chi connectivity index (χ4n) is 2.43. The first-order valence-electron chi connectivity index (χ1n) is 7.78. The van der Waals surface area contributed by atoms with Crippen molar-refractivity contribution in [2.75, 3.05) is 12.4 Å². The first-order chi connectivity index (χ1) is 12.6. The molecule has 0 amide bonds. The summed E-state index contributed by atoms with van der Waals surface area (Å²) < 4.78 is 31.8. The minimum Gasteiger partial charge on any atom is -0.495 e. The number of halogens is 2. The molecule has 0 aliphatic rings. The molecule has 0 radical (unpaired) electrons. The van der Waals surface area contributed by atoms with E-state index in [9.17, 15) is 8.78 Å². The number of rotatable bonds is 6. The summed E-state index contributed by atoms with van der Waals surface area (Å²) in [4.78, 5) is 8.30. The lowest BCUT2D eigenvalue weighted by molar-refractivity contribution is 0.412. The van der Waals surface area contributed by atoms with Crippen LogP contribution in [0.1, 0.15) is 11.3 Å². The molecule has 3 rings (SSSR count). The zero-order valence-corrected chi connectivity index (χ0v) is 14.0. The number of benzene rings is 1. The summed E-state index contributed by atoms with van der Waals surface area (Å²) in [6, 6.07) is 7.26. The van der Waals surface area contributed by atoms with E-state index >= 15 is 0 Å². The highest BCUT2D eigenvalue weighted by atomic mass is 19.2. The number of methoxy groups -OCH3 is 1. The van der Waals surface area contributed by atoms with Crippen LogP contribution in [0, 0.1) is 17.0 Å². The second-order valence-corrected chi connectivity index (χ2v) is 5.52. The highest BCUT2D eigenvalue weighted by Crippen LogP contribution is 2.25. The van der Waals surface area contributed by atoms with Crippen LogP contribution in [0.4, 0.5) is 14.5 Å². The Morgan fingerprint density at radius 3 is 2.65 bits per heavy atom. The molecule has 132 valence electrons. The second-order valence-electron chi connectivity index (χ2n) is 5.52. The summed E-state index contributed by atoms with van der Waals surface area (Å²) >= 11 is 0. The van der Waals surface area contributed by atoms with Crippen molar-refractivity contribution in [1.82, 2.24) is 9.97 Å². The van der Waals surface area contributed by atoms with Gasteiger partial charge < -0.3 is 15.5 Å². The molecular weight excluding hydrogens is 338 g/mol. The molecule has 0 aliphatic heterocycles. The summed E-state index contributed by atoms with van der Waals surface area (Å²) in [6.45, 7) is 0.438. The lowest BCUT2D eigenvalue weighted by Crippen LogP contribution is -2.04. The monoisotopic (exact) mass is 354 g/mol. The number of hydrogen-bond donors (Lipinski definition) is 2. The number of anilines is 1. The predicted molar refractivity (Wildman–Crippen MR) is 95.6 cm³/mol. The van der Waals surface area contributed by atoms with E-state index in [2.05, 4.69) is 15.3 Å². The van der Waals surface area contributed by atoms with Crippen LogP contribution in [0.25, 0.3) is 11.1 Å². The smallest absolute Gasteiger partial charge is 0.159 e. The Hall–Kier alpha value is -3.35. The van der Waals surface area contributed by atoms with Crippen molar-refractivity contribution in [3.8, 4) is 16.9 Å². The molecule has 3 aromatic rings. The number of ether oxygens (including phenoxy) is 1. The van der Waals surface area contributed by atoms with Crippen molar-refractivity contribution in [2.45, 2.75) is 6.54 Å². The average molecular weight is 354 g/mol. The normalized spacial score (nSPS) is 10.4. The minimum absolute atomic E-state index is 0.437. The van der Waals surface area contributed by atoms with Crippen LogP contribution < -0.4 is 10.1 Å². The SMILES string of the molecule is COc1cncc(CNc2cc(-c3ccc(F)c(F)c3)cnc2C=N)c1. The molecule has 1 aromatic carbocycles. The van der Waals surface area contributed by atoms with E-state index in [1.165, 1.54) is 12.3 Å². The number of hydrogen-bond acceptors (Lipinski definition) is 5. The van der Waals surface area contributed by atoms with Gasteiger partial charge in [-0.05, 0) is 35.4 Å². The summed E-state index contributed by atoms with van der Waals surface area (Å²) in [7, 11) is 1.57. The molecule has 5 nitrogen and oxygen atoms in total. The number of pyridine rings is 2. The van der Waals surface area contributed by atoms with Crippen LogP contribution in [0.5, 0.6) is 5.75 Å². The van der Waals surface area contributed by atoms with Gasteiger partial charge in [-0.3, -0.25) is 9.97 Å². The highest BCUT2D eigenvalue weighted by molar-refractivity contribution is 5.85. The van der Waals surface area contributed by atoms with Crippen molar-refractivity contribution in [2.24, 2.45) is 0 Å². The van der Waals surface area contributed by atoms with E-state index in [0.29, 0.717) is 34.8 Å². The van der Waals surface area contributed by atoms with E-state index in [0.717, 1.165) is 23.9 Å². The maximum Gasteiger partial charge on any atom is 0.159 e. The van der Waals surface area contributed by atoms with Crippen LogP contribution in [0.15, 0.2) is 48.9 Å². The van der Waals surface area contributed by atoms with Crippen molar-refractivity contribution < 1.29 is 13.5 Å². The Morgan fingerprint density at radius 2 is 1.92 bits per heavy atom. The van der Waals surface area contributed by atoms with Gasteiger partial charge in [0.05, 0.1) is 19.0 Å². The summed E-state index contributed by atoms with van der Waals surface area (Å²) in [6.07, 6.45) is 5.95. The third-order valence-corrected chi connectivity index (χ3v) is 3.80. The zero-order valence-electron chi connectivity index (χ0n) is 14.0. The zero-order chi connectivity index (χ0) is 18.5. The van der Waals surface area contributed by atoms with Gasteiger partial charge in [-0.2, -0.15) is 0 Å². The van der Waals surface area contributed by atoms with Gasteiger partial charge in [-0.25, -0.2) is 8.78 Å². The molecule has 2 heterocycles. The second kappa shape index (κ2) is 7.69.